The largest absolute Gasteiger partial charge is 0.388 e. The van der Waals surface area contributed by atoms with Gasteiger partial charge < -0.3 is 5.11 Å². The number of hydrogen-bond donors (Lipinski definition) is 1. The van der Waals surface area contributed by atoms with Crippen molar-refractivity contribution in [3.8, 4) is 0 Å². The summed E-state index contributed by atoms with van der Waals surface area (Å²) in [6, 6.07) is 6.51. The zero-order valence-electron chi connectivity index (χ0n) is 12.4. The minimum Gasteiger partial charge on any atom is -0.388 e. The van der Waals surface area contributed by atoms with Crippen LogP contribution in [0.1, 0.15) is 43.7 Å². The predicted molar refractivity (Wildman–Crippen MR) is 83.1 cm³/mol. The molecule has 102 valence electrons. The topological polar surface area (TPSA) is 20.2 Å². The number of thiophene rings is 1. The van der Waals surface area contributed by atoms with E-state index in [1.54, 1.807) is 11.3 Å². The number of aliphatic hydroxyl groups is 1. The summed E-state index contributed by atoms with van der Waals surface area (Å²) >= 11 is 1.76. The fraction of sp³-hybridized carbons (Fsp3) is 0.412. The molecule has 1 heterocycles. The van der Waals surface area contributed by atoms with Crippen LogP contribution < -0.4 is 0 Å². The van der Waals surface area contributed by atoms with Crippen LogP contribution in [0.3, 0.4) is 0 Å². The third-order valence-electron chi connectivity index (χ3n) is 3.68. The Kier molecular flexibility index (Phi) is 4.12. The molecular weight excluding hydrogens is 252 g/mol. The highest BCUT2D eigenvalue weighted by molar-refractivity contribution is 7.12. The van der Waals surface area contributed by atoms with E-state index in [-0.39, 0.29) is 0 Å². The van der Waals surface area contributed by atoms with E-state index < -0.39 is 6.10 Å². The highest BCUT2D eigenvalue weighted by atomic mass is 32.1. The van der Waals surface area contributed by atoms with Gasteiger partial charge >= 0.3 is 0 Å². The van der Waals surface area contributed by atoms with Crippen molar-refractivity contribution in [2.75, 3.05) is 0 Å². The van der Waals surface area contributed by atoms with Crippen LogP contribution in [-0.4, -0.2) is 5.11 Å². The van der Waals surface area contributed by atoms with Crippen molar-refractivity contribution in [3.63, 3.8) is 0 Å². The van der Waals surface area contributed by atoms with Crippen molar-refractivity contribution < 1.29 is 5.11 Å². The number of aliphatic hydroxyl groups excluding tert-OH is 1. The highest BCUT2D eigenvalue weighted by Crippen LogP contribution is 2.30. The number of rotatable bonds is 3. The van der Waals surface area contributed by atoms with Gasteiger partial charge in [-0.15, -0.1) is 11.3 Å². The Bertz CT molecular complexity index is 572. The van der Waals surface area contributed by atoms with Gasteiger partial charge in [0.15, 0.2) is 0 Å². The van der Waals surface area contributed by atoms with E-state index in [9.17, 15) is 5.11 Å². The summed E-state index contributed by atoms with van der Waals surface area (Å²) in [6.45, 7) is 10.6. The maximum atomic E-state index is 10.5. The Balaban J connectivity index is 2.29. The van der Waals surface area contributed by atoms with Gasteiger partial charge in [-0.25, -0.2) is 0 Å². The molecule has 1 atom stereocenters. The molecule has 0 amide bonds. The van der Waals surface area contributed by atoms with E-state index in [0.717, 1.165) is 5.56 Å². The lowest BCUT2D eigenvalue weighted by molar-refractivity contribution is 0.178. The molecule has 0 aliphatic rings. The summed E-state index contributed by atoms with van der Waals surface area (Å²) < 4.78 is 0. The fourth-order valence-electron chi connectivity index (χ4n) is 2.82. The molecule has 1 N–H and O–H groups in total. The van der Waals surface area contributed by atoms with Crippen LogP contribution in [0.2, 0.25) is 0 Å². The number of hydrogen-bond acceptors (Lipinski definition) is 2. The molecule has 0 radical (unpaired) electrons. The third-order valence-corrected chi connectivity index (χ3v) is 4.66. The van der Waals surface area contributed by atoms with Gasteiger partial charge in [0.05, 0.1) is 6.10 Å². The second-order valence-electron chi connectivity index (χ2n) is 5.47. The molecule has 0 saturated heterocycles. The van der Waals surface area contributed by atoms with Gasteiger partial charge in [-0.3, -0.25) is 0 Å². The summed E-state index contributed by atoms with van der Waals surface area (Å²) in [5, 5.41) is 10.5. The zero-order chi connectivity index (χ0) is 14.2. The molecule has 0 aliphatic carbocycles. The molecule has 1 unspecified atom stereocenters. The van der Waals surface area contributed by atoms with Crippen LogP contribution in [0.5, 0.6) is 0 Å². The van der Waals surface area contributed by atoms with Crippen LogP contribution in [0.15, 0.2) is 18.2 Å². The van der Waals surface area contributed by atoms with Gasteiger partial charge in [-0.2, -0.15) is 0 Å². The highest BCUT2D eigenvalue weighted by Gasteiger charge is 2.16. The maximum Gasteiger partial charge on any atom is 0.0841 e. The molecule has 1 aromatic carbocycles. The molecule has 0 fully saturated rings. The first kappa shape index (κ1) is 14.3. The molecule has 2 rings (SSSR count). The fourth-order valence-corrected chi connectivity index (χ4v) is 3.80. The normalized spacial score (nSPS) is 12.7. The van der Waals surface area contributed by atoms with E-state index in [2.05, 4.69) is 52.8 Å². The van der Waals surface area contributed by atoms with Gasteiger partial charge in [-0.1, -0.05) is 17.7 Å². The Morgan fingerprint density at radius 1 is 1.00 bits per heavy atom. The van der Waals surface area contributed by atoms with Crippen molar-refractivity contribution in [1.82, 2.24) is 0 Å². The van der Waals surface area contributed by atoms with E-state index in [0.29, 0.717) is 6.42 Å². The van der Waals surface area contributed by atoms with Crippen LogP contribution in [0, 0.1) is 34.6 Å². The third kappa shape index (κ3) is 3.07. The summed E-state index contributed by atoms with van der Waals surface area (Å²) in [5.74, 6) is 0. The Hall–Kier alpha value is -1.12. The molecule has 0 bridgehead atoms. The van der Waals surface area contributed by atoms with Crippen molar-refractivity contribution in [1.29, 1.82) is 0 Å². The van der Waals surface area contributed by atoms with Crippen molar-refractivity contribution >= 4 is 11.3 Å². The van der Waals surface area contributed by atoms with Gasteiger partial charge in [0.25, 0.3) is 0 Å². The first-order valence-corrected chi connectivity index (χ1v) is 7.52. The number of aryl methyl sites for hydroxylation is 5. The van der Waals surface area contributed by atoms with Gasteiger partial charge in [0, 0.05) is 16.2 Å². The first-order chi connectivity index (χ1) is 8.88. The molecule has 0 spiro atoms. The first-order valence-electron chi connectivity index (χ1n) is 6.70. The van der Waals surface area contributed by atoms with Gasteiger partial charge in [-0.05, 0) is 62.9 Å². The minimum atomic E-state index is -0.398. The molecule has 2 heteroatoms. The molecule has 19 heavy (non-hydrogen) atoms. The second-order valence-corrected chi connectivity index (χ2v) is 6.93. The Morgan fingerprint density at radius 3 is 2.05 bits per heavy atom. The number of benzene rings is 1. The summed E-state index contributed by atoms with van der Waals surface area (Å²) in [7, 11) is 0. The standard InChI is InChI=1S/C17H22OS/c1-10-6-11(2)15(12(3)7-10)9-17(18)16-8-13(4)19-14(16)5/h6-8,17-18H,9H2,1-5H3. The molecule has 0 saturated carbocycles. The molecule has 1 aromatic heterocycles. The lowest BCUT2D eigenvalue weighted by atomic mass is 9.93. The Morgan fingerprint density at radius 2 is 1.58 bits per heavy atom. The van der Waals surface area contributed by atoms with Crippen molar-refractivity contribution in [2.45, 2.75) is 47.1 Å². The van der Waals surface area contributed by atoms with Crippen LogP contribution in [-0.2, 0) is 6.42 Å². The van der Waals surface area contributed by atoms with Crippen LogP contribution >= 0.6 is 11.3 Å². The molecular formula is C17H22OS. The zero-order valence-corrected chi connectivity index (χ0v) is 13.2. The average Bonchev–Trinajstić information content (AvgIpc) is 2.62. The molecule has 2 aromatic rings. The van der Waals surface area contributed by atoms with E-state index in [1.807, 2.05) is 0 Å². The van der Waals surface area contributed by atoms with Crippen molar-refractivity contribution in [3.05, 3.63) is 55.8 Å². The minimum absolute atomic E-state index is 0.398. The van der Waals surface area contributed by atoms with Crippen molar-refractivity contribution in [2.24, 2.45) is 0 Å². The van der Waals surface area contributed by atoms with E-state index >= 15 is 0 Å². The summed E-state index contributed by atoms with van der Waals surface area (Å²) in [5.41, 5.74) is 6.21. The summed E-state index contributed by atoms with van der Waals surface area (Å²) in [4.78, 5) is 2.50. The average molecular weight is 274 g/mol. The lowest BCUT2D eigenvalue weighted by Gasteiger charge is -2.16. The van der Waals surface area contributed by atoms with Gasteiger partial charge in [0.2, 0.25) is 0 Å². The predicted octanol–water partition coefficient (Wildman–Crippen LogP) is 4.57. The second kappa shape index (κ2) is 5.48. The molecule has 0 aliphatic heterocycles. The lowest BCUT2D eigenvalue weighted by Crippen LogP contribution is -2.05. The quantitative estimate of drug-likeness (QED) is 0.869. The Labute approximate surface area is 119 Å². The molecule has 1 nitrogen and oxygen atoms in total. The van der Waals surface area contributed by atoms with Crippen LogP contribution in [0.25, 0.3) is 0 Å². The SMILES string of the molecule is Cc1cc(C)c(CC(O)c2cc(C)sc2C)c(C)c1. The monoisotopic (exact) mass is 274 g/mol. The van der Waals surface area contributed by atoms with E-state index in [1.165, 1.54) is 32.0 Å². The van der Waals surface area contributed by atoms with E-state index in [4.69, 9.17) is 0 Å². The smallest absolute Gasteiger partial charge is 0.0841 e. The summed E-state index contributed by atoms with van der Waals surface area (Å²) in [6.07, 6.45) is 0.305. The maximum absolute atomic E-state index is 10.5. The van der Waals surface area contributed by atoms with Crippen LogP contribution in [0.4, 0.5) is 0 Å². The van der Waals surface area contributed by atoms with Gasteiger partial charge in [0.1, 0.15) is 0 Å².